The molecule has 0 aromatic carbocycles. The van der Waals surface area contributed by atoms with Gasteiger partial charge in [-0.05, 0) is 23.8 Å². The Labute approximate surface area is 86.8 Å². The van der Waals surface area contributed by atoms with Crippen LogP contribution in [0.5, 0.6) is 0 Å². The molecule has 0 aliphatic rings. The van der Waals surface area contributed by atoms with Gasteiger partial charge in [0.1, 0.15) is 11.5 Å². The molecule has 0 aliphatic heterocycles. The summed E-state index contributed by atoms with van der Waals surface area (Å²) in [6, 6.07) is 4.65. The van der Waals surface area contributed by atoms with Crippen molar-refractivity contribution < 1.29 is 4.39 Å². The standard InChI is InChI=1S/C11H10FN3/c12-10-2-1-4-15-11(10)9-3-5-14-7-8(9)6-13/h1-5,7H,6,13H2. The van der Waals surface area contributed by atoms with Crippen LogP contribution in [0.15, 0.2) is 36.8 Å². The zero-order valence-corrected chi connectivity index (χ0v) is 8.02. The van der Waals surface area contributed by atoms with E-state index in [1.807, 2.05) is 0 Å². The number of nitrogens with two attached hydrogens (primary N) is 1. The molecule has 76 valence electrons. The van der Waals surface area contributed by atoms with Gasteiger partial charge in [0, 0.05) is 30.7 Å². The van der Waals surface area contributed by atoms with Crippen LogP contribution >= 0.6 is 0 Å². The maximum atomic E-state index is 13.5. The third kappa shape index (κ3) is 1.85. The van der Waals surface area contributed by atoms with Crippen LogP contribution in [0.2, 0.25) is 0 Å². The number of rotatable bonds is 2. The van der Waals surface area contributed by atoms with Crippen molar-refractivity contribution in [2.24, 2.45) is 5.73 Å². The van der Waals surface area contributed by atoms with Crippen molar-refractivity contribution in [1.29, 1.82) is 0 Å². The fourth-order valence-electron chi connectivity index (χ4n) is 1.40. The monoisotopic (exact) mass is 203 g/mol. The quantitative estimate of drug-likeness (QED) is 0.808. The van der Waals surface area contributed by atoms with Crippen molar-refractivity contribution in [2.45, 2.75) is 6.54 Å². The normalized spacial score (nSPS) is 10.3. The number of pyridine rings is 2. The summed E-state index contributed by atoms with van der Waals surface area (Å²) in [6.45, 7) is 0.319. The Morgan fingerprint density at radius 3 is 2.87 bits per heavy atom. The average molecular weight is 203 g/mol. The van der Waals surface area contributed by atoms with Gasteiger partial charge in [-0.15, -0.1) is 0 Å². The largest absolute Gasteiger partial charge is 0.326 e. The lowest BCUT2D eigenvalue weighted by Crippen LogP contribution is -2.01. The number of halogens is 1. The smallest absolute Gasteiger partial charge is 0.149 e. The van der Waals surface area contributed by atoms with Gasteiger partial charge in [-0.3, -0.25) is 9.97 Å². The highest BCUT2D eigenvalue weighted by molar-refractivity contribution is 5.63. The van der Waals surface area contributed by atoms with E-state index in [2.05, 4.69) is 9.97 Å². The molecule has 0 bridgehead atoms. The molecule has 15 heavy (non-hydrogen) atoms. The van der Waals surface area contributed by atoms with E-state index >= 15 is 0 Å². The van der Waals surface area contributed by atoms with Crippen molar-refractivity contribution in [3.05, 3.63) is 48.2 Å². The lowest BCUT2D eigenvalue weighted by Gasteiger charge is -2.06. The third-order valence-corrected chi connectivity index (χ3v) is 2.14. The first-order valence-electron chi connectivity index (χ1n) is 4.57. The van der Waals surface area contributed by atoms with E-state index < -0.39 is 0 Å². The minimum Gasteiger partial charge on any atom is -0.326 e. The summed E-state index contributed by atoms with van der Waals surface area (Å²) in [4.78, 5) is 7.94. The van der Waals surface area contributed by atoms with Gasteiger partial charge < -0.3 is 5.73 Å². The Morgan fingerprint density at radius 2 is 2.13 bits per heavy atom. The van der Waals surface area contributed by atoms with Crippen LogP contribution in [0, 0.1) is 5.82 Å². The molecular weight excluding hydrogens is 193 g/mol. The molecule has 2 N–H and O–H groups in total. The van der Waals surface area contributed by atoms with E-state index in [1.54, 1.807) is 30.7 Å². The molecule has 0 radical (unpaired) electrons. The number of nitrogens with zero attached hydrogens (tertiary/aromatic N) is 2. The Morgan fingerprint density at radius 1 is 1.27 bits per heavy atom. The molecule has 0 saturated heterocycles. The third-order valence-electron chi connectivity index (χ3n) is 2.14. The molecule has 2 rings (SSSR count). The second-order valence-corrected chi connectivity index (χ2v) is 3.07. The fourth-order valence-corrected chi connectivity index (χ4v) is 1.40. The van der Waals surface area contributed by atoms with Crippen LogP contribution in [0.3, 0.4) is 0 Å². The zero-order chi connectivity index (χ0) is 10.7. The molecule has 3 nitrogen and oxygen atoms in total. The second-order valence-electron chi connectivity index (χ2n) is 3.07. The molecule has 2 heterocycles. The van der Waals surface area contributed by atoms with Crippen molar-refractivity contribution in [2.75, 3.05) is 0 Å². The predicted octanol–water partition coefficient (Wildman–Crippen LogP) is 1.74. The SMILES string of the molecule is NCc1cnccc1-c1ncccc1F. The zero-order valence-electron chi connectivity index (χ0n) is 8.02. The number of hydrogen-bond donors (Lipinski definition) is 1. The summed E-state index contributed by atoms with van der Waals surface area (Å²) in [7, 11) is 0. The van der Waals surface area contributed by atoms with Crippen LogP contribution in [0.4, 0.5) is 4.39 Å². The van der Waals surface area contributed by atoms with Crippen LogP contribution < -0.4 is 5.73 Å². The Hall–Kier alpha value is -1.81. The summed E-state index contributed by atoms with van der Waals surface area (Å²) in [5.41, 5.74) is 7.35. The number of hydrogen-bond acceptors (Lipinski definition) is 3. The molecule has 0 aliphatic carbocycles. The number of aromatic nitrogens is 2. The van der Waals surface area contributed by atoms with E-state index in [0.29, 0.717) is 17.8 Å². The molecule has 0 unspecified atom stereocenters. The highest BCUT2D eigenvalue weighted by Crippen LogP contribution is 2.22. The molecule has 2 aromatic heterocycles. The molecule has 2 aromatic rings. The minimum atomic E-state index is -0.349. The Balaban J connectivity index is 2.59. The highest BCUT2D eigenvalue weighted by atomic mass is 19.1. The lowest BCUT2D eigenvalue weighted by atomic mass is 10.1. The minimum absolute atomic E-state index is 0.319. The van der Waals surface area contributed by atoms with Gasteiger partial charge >= 0.3 is 0 Å². The molecule has 4 heteroatoms. The fraction of sp³-hybridized carbons (Fsp3) is 0.0909. The van der Waals surface area contributed by atoms with Gasteiger partial charge in [0.2, 0.25) is 0 Å². The maximum Gasteiger partial charge on any atom is 0.149 e. The molecule has 0 spiro atoms. The van der Waals surface area contributed by atoms with E-state index in [0.717, 1.165) is 5.56 Å². The molecule has 0 fully saturated rings. The highest BCUT2D eigenvalue weighted by Gasteiger charge is 2.09. The average Bonchev–Trinajstić information content (AvgIpc) is 2.30. The van der Waals surface area contributed by atoms with Gasteiger partial charge in [0.05, 0.1) is 0 Å². The maximum absolute atomic E-state index is 13.5. The molecule has 0 atom stereocenters. The first-order valence-corrected chi connectivity index (χ1v) is 4.57. The summed E-state index contributed by atoms with van der Waals surface area (Å²) >= 11 is 0. The summed E-state index contributed by atoms with van der Waals surface area (Å²) in [5.74, 6) is -0.349. The van der Waals surface area contributed by atoms with E-state index in [4.69, 9.17) is 5.73 Å². The first-order chi connectivity index (χ1) is 7.33. The summed E-state index contributed by atoms with van der Waals surface area (Å²) < 4.78 is 13.5. The van der Waals surface area contributed by atoms with Gasteiger partial charge in [0.25, 0.3) is 0 Å². The van der Waals surface area contributed by atoms with Crippen molar-refractivity contribution in [3.8, 4) is 11.3 Å². The predicted molar refractivity (Wildman–Crippen MR) is 55.3 cm³/mol. The van der Waals surface area contributed by atoms with Crippen molar-refractivity contribution in [1.82, 2.24) is 9.97 Å². The summed E-state index contributed by atoms with van der Waals surface area (Å²) in [5, 5.41) is 0. The first kappa shape index (κ1) is 9.73. The van der Waals surface area contributed by atoms with E-state index in [9.17, 15) is 4.39 Å². The molecular formula is C11H10FN3. The van der Waals surface area contributed by atoms with Gasteiger partial charge in [-0.1, -0.05) is 0 Å². The van der Waals surface area contributed by atoms with Gasteiger partial charge in [0.15, 0.2) is 0 Å². The van der Waals surface area contributed by atoms with Crippen LogP contribution in [-0.4, -0.2) is 9.97 Å². The van der Waals surface area contributed by atoms with Crippen LogP contribution in [-0.2, 0) is 6.54 Å². The summed E-state index contributed by atoms with van der Waals surface area (Å²) in [6.07, 6.45) is 4.78. The van der Waals surface area contributed by atoms with E-state index in [1.165, 1.54) is 6.07 Å². The van der Waals surface area contributed by atoms with Gasteiger partial charge in [-0.25, -0.2) is 4.39 Å². The topological polar surface area (TPSA) is 51.8 Å². The van der Waals surface area contributed by atoms with E-state index in [-0.39, 0.29) is 5.82 Å². The van der Waals surface area contributed by atoms with Crippen LogP contribution in [0.1, 0.15) is 5.56 Å². The Kier molecular flexibility index (Phi) is 2.69. The molecule has 0 amide bonds. The second kappa shape index (κ2) is 4.14. The lowest BCUT2D eigenvalue weighted by molar-refractivity contribution is 0.625. The van der Waals surface area contributed by atoms with Crippen LogP contribution in [0.25, 0.3) is 11.3 Å². The Bertz CT molecular complexity index is 471. The molecule has 0 saturated carbocycles. The van der Waals surface area contributed by atoms with Crippen molar-refractivity contribution >= 4 is 0 Å². The van der Waals surface area contributed by atoms with Crippen molar-refractivity contribution in [3.63, 3.8) is 0 Å². The van der Waals surface area contributed by atoms with Gasteiger partial charge in [-0.2, -0.15) is 0 Å².